The van der Waals surface area contributed by atoms with Crippen molar-refractivity contribution < 1.29 is 13.2 Å². The number of carbonyl (C=O) groups is 1. The number of hydrogen-bond acceptors (Lipinski definition) is 5. The number of hydrogen-bond donors (Lipinski definition) is 3. The van der Waals surface area contributed by atoms with E-state index in [2.05, 4.69) is 10.0 Å². The molecule has 0 bridgehead atoms. The molecule has 0 aliphatic heterocycles. The molecule has 0 fully saturated rings. The van der Waals surface area contributed by atoms with Gasteiger partial charge in [0.2, 0.25) is 5.91 Å². The van der Waals surface area contributed by atoms with E-state index in [0.29, 0.717) is 5.69 Å². The fraction of sp³-hybridized carbons (Fsp3) is 0.312. The van der Waals surface area contributed by atoms with E-state index in [4.69, 9.17) is 5.73 Å². The van der Waals surface area contributed by atoms with Crippen LogP contribution >= 0.6 is 11.3 Å². The molecule has 0 radical (unpaired) electrons. The van der Waals surface area contributed by atoms with Crippen LogP contribution < -0.4 is 15.8 Å². The first-order valence-electron chi connectivity index (χ1n) is 7.66. The maximum Gasteiger partial charge on any atom is 0.250 e. The fourth-order valence-corrected chi connectivity index (χ4v) is 4.90. The largest absolute Gasteiger partial charge is 0.399 e. The van der Waals surface area contributed by atoms with Crippen LogP contribution in [0, 0.1) is 0 Å². The highest BCUT2D eigenvalue weighted by molar-refractivity contribution is 7.91. The summed E-state index contributed by atoms with van der Waals surface area (Å²) in [4.78, 5) is 12.1. The van der Waals surface area contributed by atoms with Gasteiger partial charge in [-0.3, -0.25) is 4.79 Å². The van der Waals surface area contributed by atoms with Crippen LogP contribution in [-0.4, -0.2) is 20.9 Å². The maximum absolute atomic E-state index is 12.1. The van der Waals surface area contributed by atoms with Gasteiger partial charge in [0.05, 0.1) is 12.6 Å². The number of anilines is 1. The maximum atomic E-state index is 12.1. The number of benzene rings is 1. The molecule has 128 valence electrons. The summed E-state index contributed by atoms with van der Waals surface area (Å²) < 4.78 is 26.6. The van der Waals surface area contributed by atoms with Gasteiger partial charge in [0.15, 0.2) is 0 Å². The van der Waals surface area contributed by atoms with Gasteiger partial charge >= 0.3 is 0 Å². The molecule has 4 N–H and O–H groups in total. The van der Waals surface area contributed by atoms with Crippen molar-refractivity contribution >= 4 is 33.0 Å². The minimum Gasteiger partial charge on any atom is -0.399 e. The molecule has 1 amide bonds. The molecule has 6 nitrogen and oxygen atoms in total. The Morgan fingerprint density at radius 3 is 2.92 bits per heavy atom. The number of carbonyl (C=O) groups excluding carboxylic acids is 1. The number of nitrogens with two attached hydrogens (primary N) is 1. The van der Waals surface area contributed by atoms with Crippen LogP contribution in [0.2, 0.25) is 0 Å². The van der Waals surface area contributed by atoms with Crippen LogP contribution in [0.25, 0.3) is 0 Å². The zero-order valence-electron chi connectivity index (χ0n) is 13.0. The van der Waals surface area contributed by atoms with E-state index >= 15 is 0 Å². The van der Waals surface area contributed by atoms with E-state index in [1.807, 2.05) is 18.2 Å². The van der Waals surface area contributed by atoms with Crippen molar-refractivity contribution in [1.82, 2.24) is 10.0 Å². The number of fused-ring (bicyclic) bond motifs is 1. The van der Waals surface area contributed by atoms with Crippen LogP contribution in [0.15, 0.2) is 39.9 Å². The topological polar surface area (TPSA) is 101 Å². The van der Waals surface area contributed by atoms with Gasteiger partial charge in [0.1, 0.15) is 4.21 Å². The lowest BCUT2D eigenvalue weighted by molar-refractivity contribution is -0.120. The Morgan fingerprint density at radius 2 is 2.17 bits per heavy atom. The third-order valence-electron chi connectivity index (χ3n) is 4.00. The standard InChI is InChI=1S/C16H19N3O3S2/c17-12-6-7-13-11(9-12)3-1-4-14(13)19-15(20)10-18-24(21,22)16-5-2-8-23-16/h2,5-9,14,18H,1,3-4,10,17H2,(H,19,20). The molecule has 1 aromatic carbocycles. The van der Waals surface area contributed by atoms with Gasteiger partial charge in [0, 0.05) is 5.69 Å². The molecular weight excluding hydrogens is 346 g/mol. The highest BCUT2D eigenvalue weighted by Crippen LogP contribution is 2.30. The van der Waals surface area contributed by atoms with Gasteiger partial charge in [-0.05, 0) is 54.0 Å². The zero-order valence-corrected chi connectivity index (χ0v) is 14.6. The molecule has 2 aromatic rings. The summed E-state index contributed by atoms with van der Waals surface area (Å²) in [6.45, 7) is -0.277. The van der Waals surface area contributed by atoms with Crippen LogP contribution in [0.5, 0.6) is 0 Å². The van der Waals surface area contributed by atoms with Gasteiger partial charge in [0.25, 0.3) is 10.0 Å². The fourth-order valence-electron chi connectivity index (χ4n) is 2.88. The van der Waals surface area contributed by atoms with Crippen molar-refractivity contribution in [2.24, 2.45) is 0 Å². The molecular formula is C16H19N3O3S2. The molecule has 1 heterocycles. The van der Waals surface area contributed by atoms with Crippen molar-refractivity contribution in [1.29, 1.82) is 0 Å². The highest BCUT2D eigenvalue weighted by Gasteiger charge is 2.23. The molecule has 1 unspecified atom stereocenters. The predicted octanol–water partition coefficient (Wildman–Crippen LogP) is 1.80. The number of nitrogens with one attached hydrogen (secondary N) is 2. The first-order chi connectivity index (χ1) is 11.5. The van der Waals surface area contributed by atoms with Crippen molar-refractivity contribution in [3.8, 4) is 0 Å². The average molecular weight is 365 g/mol. The summed E-state index contributed by atoms with van der Waals surface area (Å²) >= 11 is 1.12. The number of amides is 1. The number of thiophene rings is 1. The van der Waals surface area contributed by atoms with Gasteiger partial charge in [-0.2, -0.15) is 0 Å². The third-order valence-corrected chi connectivity index (χ3v) is 6.80. The Morgan fingerprint density at radius 1 is 1.33 bits per heavy atom. The number of rotatable bonds is 5. The lowest BCUT2D eigenvalue weighted by Crippen LogP contribution is -2.39. The van der Waals surface area contributed by atoms with Crippen molar-refractivity contribution in [2.75, 3.05) is 12.3 Å². The molecule has 1 aromatic heterocycles. The number of nitrogen functional groups attached to an aromatic ring is 1. The lowest BCUT2D eigenvalue weighted by Gasteiger charge is -2.26. The minimum atomic E-state index is -3.63. The summed E-state index contributed by atoms with van der Waals surface area (Å²) in [5.74, 6) is -0.343. The Labute approximate surface area is 145 Å². The highest BCUT2D eigenvalue weighted by atomic mass is 32.2. The van der Waals surface area contributed by atoms with E-state index in [-0.39, 0.29) is 22.7 Å². The van der Waals surface area contributed by atoms with Crippen molar-refractivity contribution in [3.63, 3.8) is 0 Å². The second-order valence-corrected chi connectivity index (χ2v) is 8.67. The molecule has 24 heavy (non-hydrogen) atoms. The second kappa shape index (κ2) is 6.92. The normalized spacial score (nSPS) is 17.2. The molecule has 1 aliphatic rings. The van der Waals surface area contributed by atoms with E-state index in [0.717, 1.165) is 41.7 Å². The summed E-state index contributed by atoms with van der Waals surface area (Å²) in [7, 11) is -3.63. The molecule has 1 atom stereocenters. The summed E-state index contributed by atoms with van der Waals surface area (Å²) in [6.07, 6.45) is 2.74. The van der Waals surface area contributed by atoms with Crippen LogP contribution in [-0.2, 0) is 21.2 Å². The Hall–Kier alpha value is -1.90. The van der Waals surface area contributed by atoms with Gasteiger partial charge < -0.3 is 11.1 Å². The predicted molar refractivity (Wildman–Crippen MR) is 94.2 cm³/mol. The molecule has 1 aliphatic carbocycles. The van der Waals surface area contributed by atoms with Crippen molar-refractivity contribution in [3.05, 3.63) is 46.8 Å². The molecule has 0 saturated carbocycles. The first kappa shape index (κ1) is 16.9. The smallest absolute Gasteiger partial charge is 0.250 e. The zero-order chi connectivity index (χ0) is 17.2. The second-order valence-electron chi connectivity index (χ2n) is 5.73. The number of aryl methyl sites for hydroxylation is 1. The van der Waals surface area contributed by atoms with E-state index in [9.17, 15) is 13.2 Å². The Kier molecular flexibility index (Phi) is 4.88. The van der Waals surface area contributed by atoms with E-state index in [1.54, 1.807) is 11.4 Å². The molecule has 8 heteroatoms. The monoisotopic (exact) mass is 365 g/mol. The van der Waals surface area contributed by atoms with Crippen LogP contribution in [0.4, 0.5) is 5.69 Å². The summed E-state index contributed by atoms with van der Waals surface area (Å²) in [5.41, 5.74) is 8.72. The average Bonchev–Trinajstić information content (AvgIpc) is 3.08. The number of sulfonamides is 1. The van der Waals surface area contributed by atoms with Crippen LogP contribution in [0.1, 0.15) is 30.0 Å². The Balaban J connectivity index is 1.62. The Bertz CT molecular complexity index is 832. The van der Waals surface area contributed by atoms with E-state index < -0.39 is 10.0 Å². The molecule has 0 spiro atoms. The van der Waals surface area contributed by atoms with Gasteiger partial charge in [-0.25, -0.2) is 13.1 Å². The summed E-state index contributed by atoms with van der Waals surface area (Å²) in [6, 6.07) is 8.75. The van der Waals surface area contributed by atoms with Gasteiger partial charge in [-0.15, -0.1) is 11.3 Å². The lowest BCUT2D eigenvalue weighted by atomic mass is 9.87. The van der Waals surface area contributed by atoms with E-state index in [1.165, 1.54) is 6.07 Å². The first-order valence-corrected chi connectivity index (χ1v) is 10.0. The third kappa shape index (κ3) is 3.77. The summed E-state index contributed by atoms with van der Waals surface area (Å²) in [5, 5.41) is 4.59. The SMILES string of the molecule is Nc1ccc2c(c1)CCCC2NC(=O)CNS(=O)(=O)c1cccs1. The quantitative estimate of drug-likeness (QED) is 0.703. The van der Waals surface area contributed by atoms with Crippen molar-refractivity contribution in [2.45, 2.75) is 29.5 Å². The van der Waals surface area contributed by atoms with Crippen LogP contribution in [0.3, 0.4) is 0 Å². The molecule has 0 saturated heterocycles. The van der Waals surface area contributed by atoms with Gasteiger partial charge in [-0.1, -0.05) is 12.1 Å². The minimum absolute atomic E-state index is 0.104. The molecule has 3 rings (SSSR count).